The molecule has 0 aliphatic heterocycles. The third kappa shape index (κ3) is 3.69. The Labute approximate surface area is 147 Å². The maximum Gasteiger partial charge on any atom is 0.226 e. The van der Waals surface area contributed by atoms with Crippen LogP contribution in [0.1, 0.15) is 6.42 Å². The summed E-state index contributed by atoms with van der Waals surface area (Å²) in [7, 11) is 1.54. The fourth-order valence-corrected chi connectivity index (χ4v) is 3.08. The summed E-state index contributed by atoms with van der Waals surface area (Å²) in [6.45, 7) is 0.442. The van der Waals surface area contributed by atoms with Crippen LogP contribution in [0.2, 0.25) is 0 Å². The molecule has 3 rings (SSSR count). The van der Waals surface area contributed by atoms with Crippen LogP contribution in [-0.4, -0.2) is 32.8 Å². The Kier molecular flexibility index (Phi) is 5.02. The van der Waals surface area contributed by atoms with Gasteiger partial charge in [-0.3, -0.25) is 14.5 Å². The number of nitrogens with one attached hydrogen (secondary N) is 2. The maximum atomic E-state index is 12.1. The van der Waals surface area contributed by atoms with Crippen LogP contribution < -0.4 is 10.1 Å². The number of ether oxygens (including phenoxy) is 1. The number of hydrogen-bond acceptors (Lipinski definition) is 6. The molecule has 3 aromatic heterocycles. The summed E-state index contributed by atoms with van der Waals surface area (Å²) in [6, 6.07) is 7.35. The molecule has 0 radical (unpaired) electrons. The minimum Gasteiger partial charge on any atom is -0.481 e. The second-order valence-electron chi connectivity index (χ2n) is 4.87. The van der Waals surface area contributed by atoms with Crippen LogP contribution in [0.25, 0.3) is 10.7 Å². The van der Waals surface area contributed by atoms with Gasteiger partial charge in [-0.25, -0.2) is 4.98 Å². The van der Waals surface area contributed by atoms with Crippen molar-refractivity contribution in [2.75, 3.05) is 12.4 Å². The zero-order valence-electron chi connectivity index (χ0n) is 12.9. The molecule has 0 saturated carbocycles. The van der Waals surface area contributed by atoms with E-state index in [1.54, 1.807) is 36.8 Å². The molecular weight excluding hydrogens is 346 g/mol. The van der Waals surface area contributed by atoms with Crippen LogP contribution in [0.3, 0.4) is 0 Å². The first-order valence-corrected chi connectivity index (χ1v) is 8.45. The summed E-state index contributed by atoms with van der Waals surface area (Å²) in [6.07, 6.45) is 1.83. The molecule has 0 fully saturated rings. The molecule has 0 bridgehead atoms. The number of hydrogen-bond donors (Lipinski definition) is 2. The average Bonchev–Trinajstić information content (AvgIpc) is 3.23. The van der Waals surface area contributed by atoms with Gasteiger partial charge in [0.1, 0.15) is 0 Å². The van der Waals surface area contributed by atoms with E-state index < -0.39 is 0 Å². The van der Waals surface area contributed by atoms with Gasteiger partial charge in [0.25, 0.3) is 0 Å². The van der Waals surface area contributed by atoms with Crippen molar-refractivity contribution in [3.05, 3.63) is 40.6 Å². The van der Waals surface area contributed by atoms with E-state index in [2.05, 4.69) is 20.5 Å². The van der Waals surface area contributed by atoms with Crippen LogP contribution in [0.5, 0.6) is 5.88 Å². The monoisotopic (exact) mass is 361 g/mol. The summed E-state index contributed by atoms with van der Waals surface area (Å²) in [5.41, 5.74) is 0.620. The van der Waals surface area contributed by atoms with Gasteiger partial charge < -0.3 is 10.1 Å². The van der Waals surface area contributed by atoms with Crippen LogP contribution in [-0.2, 0) is 11.3 Å². The molecule has 0 unspecified atom stereocenters. The summed E-state index contributed by atoms with van der Waals surface area (Å²) in [5, 5.41) is 11.8. The van der Waals surface area contributed by atoms with Gasteiger partial charge in [0.05, 0.1) is 23.9 Å². The van der Waals surface area contributed by atoms with Gasteiger partial charge in [-0.2, -0.15) is 5.10 Å². The molecule has 0 aliphatic rings. The highest BCUT2D eigenvalue weighted by molar-refractivity contribution is 7.71. The molecule has 1 amide bonds. The molecule has 3 aromatic rings. The molecule has 0 spiro atoms. The molecule has 24 heavy (non-hydrogen) atoms. The number of pyridine rings is 1. The van der Waals surface area contributed by atoms with Crippen molar-refractivity contribution in [2.45, 2.75) is 13.0 Å². The quantitative estimate of drug-likeness (QED) is 0.659. The number of carbonyl (C=O) groups excluding carboxylic acids is 1. The summed E-state index contributed by atoms with van der Waals surface area (Å²) in [5.74, 6) is 1.12. The minimum atomic E-state index is -0.123. The fourth-order valence-electron chi connectivity index (χ4n) is 2.13. The molecule has 124 valence electrons. The van der Waals surface area contributed by atoms with Crippen LogP contribution in [0, 0.1) is 4.77 Å². The van der Waals surface area contributed by atoms with Gasteiger partial charge >= 0.3 is 0 Å². The Bertz CT molecular complexity index is 868. The lowest BCUT2D eigenvalue weighted by atomic mass is 10.3. The number of nitrogens with zero attached hydrogens (tertiary/aromatic N) is 3. The predicted octanol–water partition coefficient (Wildman–Crippen LogP) is 3.10. The minimum absolute atomic E-state index is 0.123. The number of thiophene rings is 1. The number of amides is 1. The number of carbonyl (C=O) groups is 1. The SMILES string of the molecule is COc1ccc(NC(=O)CCn2c(-c3cccs3)n[nH]c2=S)cn1. The second kappa shape index (κ2) is 7.37. The lowest BCUT2D eigenvalue weighted by Gasteiger charge is -2.07. The average molecular weight is 361 g/mol. The molecule has 0 saturated heterocycles. The van der Waals surface area contributed by atoms with E-state index in [0.29, 0.717) is 22.9 Å². The van der Waals surface area contributed by atoms with Crippen LogP contribution in [0.15, 0.2) is 35.8 Å². The molecule has 7 nitrogen and oxygen atoms in total. The summed E-state index contributed by atoms with van der Waals surface area (Å²) >= 11 is 6.82. The number of H-pyrrole nitrogens is 1. The smallest absolute Gasteiger partial charge is 0.226 e. The van der Waals surface area contributed by atoms with Gasteiger partial charge in [0.2, 0.25) is 11.8 Å². The Morgan fingerprint density at radius 3 is 3.00 bits per heavy atom. The topological polar surface area (TPSA) is 84.8 Å². The molecular formula is C15H15N5O2S2. The largest absolute Gasteiger partial charge is 0.481 e. The van der Waals surface area contributed by atoms with Gasteiger partial charge in [-0.1, -0.05) is 6.07 Å². The molecule has 0 aromatic carbocycles. The van der Waals surface area contributed by atoms with Crippen molar-refractivity contribution in [1.29, 1.82) is 0 Å². The first-order chi connectivity index (χ1) is 11.7. The van der Waals surface area contributed by atoms with E-state index in [9.17, 15) is 4.79 Å². The summed E-state index contributed by atoms with van der Waals surface area (Å²) in [4.78, 5) is 17.2. The number of methoxy groups -OCH3 is 1. The van der Waals surface area contributed by atoms with E-state index >= 15 is 0 Å². The summed E-state index contributed by atoms with van der Waals surface area (Å²) < 4.78 is 7.31. The zero-order valence-corrected chi connectivity index (χ0v) is 14.5. The highest BCUT2D eigenvalue weighted by Gasteiger charge is 2.11. The van der Waals surface area contributed by atoms with Crippen LogP contribution >= 0.6 is 23.6 Å². The normalized spacial score (nSPS) is 10.5. The van der Waals surface area contributed by atoms with Crippen molar-refractivity contribution in [2.24, 2.45) is 0 Å². The Hall–Kier alpha value is -2.52. The fraction of sp³-hybridized carbons (Fsp3) is 0.200. The van der Waals surface area contributed by atoms with Crippen molar-refractivity contribution >= 4 is 35.1 Å². The van der Waals surface area contributed by atoms with Crippen molar-refractivity contribution in [3.63, 3.8) is 0 Å². The molecule has 0 atom stereocenters. The van der Waals surface area contributed by atoms with Crippen molar-refractivity contribution in [1.82, 2.24) is 19.7 Å². The zero-order chi connectivity index (χ0) is 16.9. The van der Waals surface area contributed by atoms with E-state index in [1.807, 2.05) is 22.1 Å². The van der Waals surface area contributed by atoms with Gasteiger partial charge in [-0.05, 0) is 29.7 Å². The standard InChI is InChI=1S/C15H15N5O2S2/c1-22-13-5-4-10(9-16-13)17-12(21)6-7-20-14(18-19-15(20)23)11-3-2-8-24-11/h2-5,8-9H,6-7H2,1H3,(H,17,21)(H,19,23). The van der Waals surface area contributed by atoms with Crippen molar-refractivity contribution < 1.29 is 9.53 Å². The van der Waals surface area contributed by atoms with E-state index in [1.165, 1.54) is 0 Å². The predicted molar refractivity (Wildman–Crippen MR) is 94.8 cm³/mol. The third-order valence-corrected chi connectivity index (χ3v) is 4.47. The first-order valence-electron chi connectivity index (χ1n) is 7.16. The molecule has 3 heterocycles. The molecule has 0 aliphatic carbocycles. The van der Waals surface area contributed by atoms with Gasteiger partial charge in [-0.15, -0.1) is 11.3 Å². The number of aromatic amines is 1. The van der Waals surface area contributed by atoms with Gasteiger partial charge in [0.15, 0.2) is 10.6 Å². The highest BCUT2D eigenvalue weighted by Crippen LogP contribution is 2.23. The van der Waals surface area contributed by atoms with Crippen molar-refractivity contribution in [3.8, 4) is 16.6 Å². The Morgan fingerprint density at radius 2 is 2.33 bits per heavy atom. The van der Waals surface area contributed by atoms with Gasteiger partial charge in [0, 0.05) is 19.0 Å². The number of anilines is 1. The molecule has 9 heteroatoms. The Morgan fingerprint density at radius 1 is 1.46 bits per heavy atom. The lowest BCUT2D eigenvalue weighted by Crippen LogP contribution is -2.15. The Balaban J connectivity index is 1.64. The molecule has 2 N–H and O–H groups in total. The second-order valence-corrected chi connectivity index (χ2v) is 6.20. The maximum absolute atomic E-state index is 12.1. The van der Waals surface area contributed by atoms with E-state index in [0.717, 1.165) is 10.7 Å². The first kappa shape index (κ1) is 16.3. The third-order valence-electron chi connectivity index (χ3n) is 3.29. The van der Waals surface area contributed by atoms with E-state index in [-0.39, 0.29) is 12.3 Å². The number of rotatable bonds is 6. The number of aromatic nitrogens is 4. The van der Waals surface area contributed by atoms with E-state index in [4.69, 9.17) is 17.0 Å². The van der Waals surface area contributed by atoms with Crippen LogP contribution in [0.4, 0.5) is 5.69 Å². The lowest BCUT2D eigenvalue weighted by molar-refractivity contribution is -0.116. The highest BCUT2D eigenvalue weighted by atomic mass is 32.1.